The van der Waals surface area contributed by atoms with E-state index in [4.69, 9.17) is 20.9 Å². The third-order valence-electron chi connectivity index (χ3n) is 1.42. The first-order valence-electron chi connectivity index (χ1n) is 3.59. The summed E-state index contributed by atoms with van der Waals surface area (Å²) in [5, 5.41) is 0. The van der Waals surface area contributed by atoms with Crippen LogP contribution in [0, 0.1) is 0 Å². The van der Waals surface area contributed by atoms with Crippen molar-refractivity contribution >= 4 is 0 Å². The third-order valence-corrected chi connectivity index (χ3v) is 1.42. The topological polar surface area (TPSA) is 70.5 Å². The first-order chi connectivity index (χ1) is 5.09. The minimum Gasteiger partial charge on any atom is -0.452 e. The van der Waals surface area contributed by atoms with E-state index in [1.807, 2.05) is 13.8 Å². The van der Waals surface area contributed by atoms with E-state index in [2.05, 4.69) is 0 Å². The van der Waals surface area contributed by atoms with Crippen molar-refractivity contribution in [3.05, 3.63) is 11.5 Å². The smallest absolute Gasteiger partial charge is 0.245 e. The summed E-state index contributed by atoms with van der Waals surface area (Å²) in [5.41, 5.74) is 10.8. The van der Waals surface area contributed by atoms with E-state index >= 15 is 0 Å². The van der Waals surface area contributed by atoms with Crippen LogP contribution in [0.1, 0.15) is 13.8 Å². The summed E-state index contributed by atoms with van der Waals surface area (Å²) >= 11 is 0. The van der Waals surface area contributed by atoms with Crippen LogP contribution in [0.25, 0.3) is 0 Å². The molecule has 0 aliphatic carbocycles. The summed E-state index contributed by atoms with van der Waals surface area (Å²) in [4.78, 5) is 0. The molecule has 64 valence electrons. The molecule has 1 aliphatic heterocycles. The number of ether oxygens (including phenoxy) is 2. The summed E-state index contributed by atoms with van der Waals surface area (Å²) in [6, 6.07) is 0. The van der Waals surface area contributed by atoms with Gasteiger partial charge in [-0.15, -0.1) is 0 Å². The second kappa shape index (κ2) is 2.71. The highest BCUT2D eigenvalue weighted by atomic mass is 16.7. The minimum absolute atomic E-state index is 0.343. The monoisotopic (exact) mass is 158 g/mol. The van der Waals surface area contributed by atoms with Crippen LogP contribution in [-0.4, -0.2) is 18.9 Å². The summed E-state index contributed by atoms with van der Waals surface area (Å²) in [7, 11) is 0. The molecular weight excluding hydrogens is 144 g/mol. The lowest BCUT2D eigenvalue weighted by atomic mass is 10.4. The van der Waals surface area contributed by atoms with Gasteiger partial charge in [-0.05, 0) is 0 Å². The highest BCUT2D eigenvalue weighted by molar-refractivity contribution is 5.09. The molecule has 0 amide bonds. The molecule has 1 aliphatic rings. The summed E-state index contributed by atoms with van der Waals surface area (Å²) in [6.45, 7) is 4.34. The van der Waals surface area contributed by atoms with Crippen LogP contribution < -0.4 is 11.5 Å². The van der Waals surface area contributed by atoms with Gasteiger partial charge in [0.1, 0.15) is 0 Å². The molecule has 0 aromatic carbocycles. The van der Waals surface area contributed by atoms with Gasteiger partial charge in [0.2, 0.25) is 5.79 Å². The van der Waals surface area contributed by atoms with Gasteiger partial charge < -0.3 is 20.9 Å². The molecule has 0 fully saturated rings. The number of hydrogen-bond acceptors (Lipinski definition) is 4. The Morgan fingerprint density at radius 3 is 1.73 bits per heavy atom. The van der Waals surface area contributed by atoms with Gasteiger partial charge in [0.05, 0.1) is 13.1 Å². The van der Waals surface area contributed by atoms with Crippen molar-refractivity contribution in [1.29, 1.82) is 0 Å². The summed E-state index contributed by atoms with van der Waals surface area (Å²) < 4.78 is 10.7. The summed E-state index contributed by atoms with van der Waals surface area (Å²) in [6.07, 6.45) is 0. The predicted octanol–water partition coefficient (Wildman–Crippen LogP) is -0.102. The molecule has 0 aromatic heterocycles. The Morgan fingerprint density at radius 1 is 1.09 bits per heavy atom. The molecule has 1 heterocycles. The Hall–Kier alpha value is -0.740. The van der Waals surface area contributed by atoms with Crippen molar-refractivity contribution in [2.75, 3.05) is 13.1 Å². The number of nitrogens with two attached hydrogens (primary N) is 2. The Balaban J connectivity index is 2.71. The van der Waals surface area contributed by atoms with E-state index in [9.17, 15) is 0 Å². The molecular formula is C7H14N2O2. The first kappa shape index (κ1) is 8.36. The fourth-order valence-corrected chi connectivity index (χ4v) is 1.04. The van der Waals surface area contributed by atoms with Crippen LogP contribution >= 0.6 is 0 Å². The van der Waals surface area contributed by atoms with Crippen LogP contribution in [-0.2, 0) is 9.47 Å². The van der Waals surface area contributed by atoms with Crippen LogP contribution in [0.5, 0.6) is 0 Å². The predicted molar refractivity (Wildman–Crippen MR) is 41.4 cm³/mol. The van der Waals surface area contributed by atoms with Gasteiger partial charge in [0.15, 0.2) is 11.5 Å². The summed E-state index contributed by atoms with van der Waals surface area (Å²) in [5.74, 6) is 0.735. The first-order valence-corrected chi connectivity index (χ1v) is 3.59. The Kier molecular flexibility index (Phi) is 2.06. The van der Waals surface area contributed by atoms with Crippen molar-refractivity contribution in [2.45, 2.75) is 19.6 Å². The SMILES string of the molecule is CC1(C)OC(CN)=C(CN)O1. The Morgan fingerprint density at radius 2 is 1.45 bits per heavy atom. The van der Waals surface area contributed by atoms with Crippen LogP contribution in [0.2, 0.25) is 0 Å². The molecule has 0 saturated heterocycles. The number of rotatable bonds is 2. The molecule has 4 nitrogen and oxygen atoms in total. The normalized spacial score (nSPS) is 21.5. The van der Waals surface area contributed by atoms with Crippen LogP contribution in [0.4, 0.5) is 0 Å². The zero-order valence-corrected chi connectivity index (χ0v) is 6.89. The molecule has 0 unspecified atom stereocenters. The zero-order chi connectivity index (χ0) is 8.48. The van der Waals surface area contributed by atoms with Gasteiger partial charge >= 0.3 is 0 Å². The molecule has 0 aromatic rings. The molecule has 0 saturated carbocycles. The Bertz CT molecular complexity index is 169. The van der Waals surface area contributed by atoms with Crippen molar-refractivity contribution in [1.82, 2.24) is 0 Å². The lowest BCUT2D eigenvalue weighted by Gasteiger charge is -2.18. The quantitative estimate of drug-likeness (QED) is 0.588. The average molecular weight is 158 g/mol. The lowest BCUT2D eigenvalue weighted by molar-refractivity contribution is -0.123. The van der Waals surface area contributed by atoms with Gasteiger partial charge in [-0.3, -0.25) is 0 Å². The van der Waals surface area contributed by atoms with Gasteiger partial charge in [0, 0.05) is 13.8 Å². The fraction of sp³-hybridized carbons (Fsp3) is 0.714. The van der Waals surface area contributed by atoms with Gasteiger partial charge in [-0.25, -0.2) is 0 Å². The van der Waals surface area contributed by atoms with Gasteiger partial charge in [-0.2, -0.15) is 0 Å². The standard InChI is InChI=1S/C7H14N2O2/c1-7(2)10-5(3-8)6(4-9)11-7/h3-4,8-9H2,1-2H3. The maximum absolute atomic E-state index is 5.40. The van der Waals surface area contributed by atoms with Crippen molar-refractivity contribution in [2.24, 2.45) is 11.5 Å². The minimum atomic E-state index is -0.594. The lowest BCUT2D eigenvalue weighted by Crippen LogP contribution is -2.22. The Labute approximate surface area is 66.1 Å². The zero-order valence-electron chi connectivity index (χ0n) is 6.89. The molecule has 1 rings (SSSR count). The second-order valence-corrected chi connectivity index (χ2v) is 2.86. The van der Waals surface area contributed by atoms with E-state index in [-0.39, 0.29) is 0 Å². The highest BCUT2D eigenvalue weighted by Crippen LogP contribution is 2.28. The number of hydrogen-bond donors (Lipinski definition) is 2. The van der Waals surface area contributed by atoms with Crippen LogP contribution in [0.3, 0.4) is 0 Å². The van der Waals surface area contributed by atoms with E-state index in [0.29, 0.717) is 24.6 Å². The van der Waals surface area contributed by atoms with Crippen molar-refractivity contribution < 1.29 is 9.47 Å². The van der Waals surface area contributed by atoms with E-state index in [1.54, 1.807) is 0 Å². The van der Waals surface area contributed by atoms with E-state index < -0.39 is 5.79 Å². The molecule has 0 spiro atoms. The molecule has 0 bridgehead atoms. The van der Waals surface area contributed by atoms with Crippen LogP contribution in [0.15, 0.2) is 11.5 Å². The molecule has 4 heteroatoms. The fourth-order valence-electron chi connectivity index (χ4n) is 1.04. The molecule has 0 atom stereocenters. The molecule has 4 N–H and O–H groups in total. The maximum Gasteiger partial charge on any atom is 0.245 e. The highest BCUT2D eigenvalue weighted by Gasteiger charge is 2.32. The van der Waals surface area contributed by atoms with Gasteiger partial charge in [0.25, 0.3) is 0 Å². The maximum atomic E-state index is 5.40. The van der Waals surface area contributed by atoms with Gasteiger partial charge in [-0.1, -0.05) is 0 Å². The van der Waals surface area contributed by atoms with E-state index in [1.165, 1.54) is 0 Å². The molecule has 11 heavy (non-hydrogen) atoms. The second-order valence-electron chi connectivity index (χ2n) is 2.86. The van der Waals surface area contributed by atoms with E-state index in [0.717, 1.165) is 0 Å². The van der Waals surface area contributed by atoms with Crippen molar-refractivity contribution in [3.63, 3.8) is 0 Å². The van der Waals surface area contributed by atoms with Crippen molar-refractivity contribution in [3.8, 4) is 0 Å². The largest absolute Gasteiger partial charge is 0.452 e. The third kappa shape index (κ3) is 1.64. The average Bonchev–Trinajstić information content (AvgIpc) is 2.25. The molecule has 0 radical (unpaired) electrons.